The normalized spacial score (nSPS) is 10.1. The quantitative estimate of drug-likeness (QED) is 0.708. The molecule has 0 bridgehead atoms. The summed E-state index contributed by atoms with van der Waals surface area (Å²) in [5.41, 5.74) is 0.751. The van der Waals surface area contributed by atoms with E-state index in [2.05, 4.69) is 31.0 Å². The van der Waals surface area contributed by atoms with E-state index in [9.17, 15) is 4.79 Å². The van der Waals surface area contributed by atoms with Crippen LogP contribution in [0.5, 0.6) is 5.75 Å². The van der Waals surface area contributed by atoms with Crippen molar-refractivity contribution < 1.29 is 9.53 Å². The van der Waals surface area contributed by atoms with E-state index >= 15 is 0 Å². The van der Waals surface area contributed by atoms with E-state index in [1.54, 1.807) is 0 Å². The Balaban J connectivity index is 0.00000400. The molecule has 0 aliphatic rings. The number of unbranched alkanes of at least 4 members (excludes halogenated alkanes) is 1. The molecule has 1 amide bonds. The summed E-state index contributed by atoms with van der Waals surface area (Å²) in [5.74, 6) is 0.745. The summed E-state index contributed by atoms with van der Waals surface area (Å²) in [6, 6.07) is 7.59. The molecule has 0 aliphatic carbocycles. The summed E-state index contributed by atoms with van der Waals surface area (Å²) >= 11 is 0. The highest BCUT2D eigenvalue weighted by Crippen LogP contribution is 2.23. The molecule has 0 heterocycles. The Bertz CT molecular complexity index is 409. The maximum absolute atomic E-state index is 12.0. The average Bonchev–Trinajstić information content (AvgIpc) is 2.46. The fourth-order valence-corrected chi connectivity index (χ4v) is 1.86. The number of benzene rings is 1. The van der Waals surface area contributed by atoms with Crippen molar-refractivity contribution in [3.63, 3.8) is 0 Å². The molecule has 0 unspecified atom stereocenters. The average molecular weight is 315 g/mol. The summed E-state index contributed by atoms with van der Waals surface area (Å²) in [6.45, 7) is 9.07. The number of nitrogens with zero attached hydrogens (tertiary/aromatic N) is 1. The number of nitrogens with one attached hydrogen (secondary N) is 1. The smallest absolute Gasteiger partial charge is 0.238 e. The zero-order chi connectivity index (χ0) is 14.8. The molecule has 1 aromatic rings. The van der Waals surface area contributed by atoms with Crippen LogP contribution < -0.4 is 10.1 Å². The van der Waals surface area contributed by atoms with Crippen LogP contribution in [0.3, 0.4) is 0 Å². The molecule has 4 nitrogen and oxygen atoms in total. The van der Waals surface area contributed by atoms with Gasteiger partial charge in [-0.1, -0.05) is 39.3 Å². The molecule has 0 saturated carbocycles. The number of carbonyl (C=O) groups excluding carboxylic acids is 1. The number of carbonyl (C=O) groups is 1. The van der Waals surface area contributed by atoms with E-state index in [1.165, 1.54) is 0 Å². The lowest BCUT2D eigenvalue weighted by Crippen LogP contribution is -2.33. The van der Waals surface area contributed by atoms with Gasteiger partial charge in [-0.25, -0.2) is 0 Å². The molecule has 0 fully saturated rings. The van der Waals surface area contributed by atoms with Crippen LogP contribution in [0.15, 0.2) is 24.3 Å². The number of halogens is 1. The monoisotopic (exact) mass is 314 g/mol. The van der Waals surface area contributed by atoms with Gasteiger partial charge in [0.2, 0.25) is 5.91 Å². The highest BCUT2D eigenvalue weighted by Gasteiger charge is 2.10. The molecule has 1 rings (SSSR count). The Morgan fingerprint density at radius 3 is 2.48 bits per heavy atom. The fourth-order valence-electron chi connectivity index (χ4n) is 1.86. The first kappa shape index (κ1) is 19.7. The molecule has 1 aromatic carbocycles. The fraction of sp³-hybridized carbons (Fsp3) is 0.562. The SMILES string of the molecule is CCCCOc1ccccc1NC(=O)CN(CC)CC.Cl. The van der Waals surface area contributed by atoms with E-state index in [-0.39, 0.29) is 18.3 Å². The third kappa shape index (κ3) is 7.34. The summed E-state index contributed by atoms with van der Waals surface area (Å²) in [7, 11) is 0. The predicted octanol–water partition coefficient (Wildman–Crippen LogP) is 3.57. The van der Waals surface area contributed by atoms with E-state index in [0.29, 0.717) is 13.2 Å². The number of ether oxygens (including phenoxy) is 1. The molecule has 0 atom stereocenters. The van der Waals surface area contributed by atoms with Crippen molar-refractivity contribution in [1.29, 1.82) is 0 Å². The Morgan fingerprint density at radius 1 is 1.19 bits per heavy atom. The van der Waals surface area contributed by atoms with Gasteiger partial charge in [-0.2, -0.15) is 0 Å². The maximum Gasteiger partial charge on any atom is 0.238 e. The lowest BCUT2D eigenvalue weighted by atomic mass is 10.3. The van der Waals surface area contributed by atoms with Crippen molar-refractivity contribution in [2.45, 2.75) is 33.6 Å². The summed E-state index contributed by atoms with van der Waals surface area (Å²) in [4.78, 5) is 14.1. The minimum absolute atomic E-state index is 0. The molecular formula is C16H27ClN2O2. The number of hydrogen-bond acceptors (Lipinski definition) is 3. The highest BCUT2D eigenvalue weighted by atomic mass is 35.5. The van der Waals surface area contributed by atoms with Gasteiger partial charge >= 0.3 is 0 Å². The van der Waals surface area contributed by atoms with Crippen molar-refractivity contribution in [2.24, 2.45) is 0 Å². The van der Waals surface area contributed by atoms with Gasteiger partial charge in [0.1, 0.15) is 5.75 Å². The summed E-state index contributed by atoms with van der Waals surface area (Å²) in [6.07, 6.45) is 2.11. The molecule has 0 saturated heterocycles. The Morgan fingerprint density at radius 2 is 1.86 bits per heavy atom. The Labute approximate surface area is 134 Å². The number of hydrogen-bond donors (Lipinski definition) is 1. The minimum atomic E-state index is 0. The molecule has 0 aromatic heterocycles. The van der Waals surface area contributed by atoms with Gasteiger partial charge in [-0.3, -0.25) is 9.69 Å². The molecule has 0 aliphatic heterocycles. The van der Waals surface area contributed by atoms with Crippen molar-refractivity contribution in [3.8, 4) is 5.75 Å². The van der Waals surface area contributed by atoms with Crippen molar-refractivity contribution in [2.75, 3.05) is 31.6 Å². The van der Waals surface area contributed by atoms with Crippen LogP contribution >= 0.6 is 12.4 Å². The number of anilines is 1. The molecule has 21 heavy (non-hydrogen) atoms. The molecule has 120 valence electrons. The van der Waals surface area contributed by atoms with Crippen LogP contribution in [0.2, 0.25) is 0 Å². The van der Waals surface area contributed by atoms with Gasteiger partial charge in [0.15, 0.2) is 0 Å². The van der Waals surface area contributed by atoms with Gasteiger partial charge < -0.3 is 10.1 Å². The van der Waals surface area contributed by atoms with Gasteiger partial charge in [-0.05, 0) is 31.6 Å². The largest absolute Gasteiger partial charge is 0.491 e. The summed E-state index contributed by atoms with van der Waals surface area (Å²) < 4.78 is 5.71. The third-order valence-electron chi connectivity index (χ3n) is 3.18. The standard InChI is InChI=1S/C16H26N2O2.ClH/c1-4-7-12-20-15-11-9-8-10-14(15)17-16(19)13-18(5-2)6-3;/h8-11H,4-7,12-13H2,1-3H3,(H,17,19);1H. The minimum Gasteiger partial charge on any atom is -0.491 e. The number of rotatable bonds is 9. The third-order valence-corrected chi connectivity index (χ3v) is 3.18. The van der Waals surface area contributed by atoms with Crippen LogP contribution in [0.1, 0.15) is 33.6 Å². The topological polar surface area (TPSA) is 41.6 Å². The second-order valence-electron chi connectivity index (χ2n) is 4.71. The first-order valence-corrected chi connectivity index (χ1v) is 7.45. The lowest BCUT2D eigenvalue weighted by Gasteiger charge is -2.18. The zero-order valence-electron chi connectivity index (χ0n) is 13.2. The Hall–Kier alpha value is -1.26. The first-order chi connectivity index (χ1) is 9.71. The van der Waals surface area contributed by atoms with Crippen molar-refractivity contribution in [3.05, 3.63) is 24.3 Å². The van der Waals surface area contributed by atoms with Gasteiger partial charge in [0, 0.05) is 0 Å². The Kier molecular flexibility index (Phi) is 10.7. The first-order valence-electron chi connectivity index (χ1n) is 7.45. The van der Waals surface area contributed by atoms with Crippen LogP contribution in [-0.4, -0.2) is 37.0 Å². The predicted molar refractivity (Wildman–Crippen MR) is 90.5 cm³/mol. The van der Waals surface area contributed by atoms with Crippen LogP contribution in [0, 0.1) is 0 Å². The van der Waals surface area contributed by atoms with Crippen LogP contribution in [-0.2, 0) is 4.79 Å². The van der Waals surface area contributed by atoms with E-state index in [1.807, 2.05) is 24.3 Å². The molecular weight excluding hydrogens is 288 g/mol. The second-order valence-corrected chi connectivity index (χ2v) is 4.71. The molecule has 5 heteroatoms. The van der Waals surface area contributed by atoms with E-state index in [4.69, 9.17) is 4.74 Å². The van der Waals surface area contributed by atoms with Crippen molar-refractivity contribution in [1.82, 2.24) is 4.90 Å². The number of likely N-dealkylation sites (N-methyl/N-ethyl adjacent to an activating group) is 1. The van der Waals surface area contributed by atoms with Crippen LogP contribution in [0.25, 0.3) is 0 Å². The van der Waals surface area contributed by atoms with E-state index in [0.717, 1.165) is 37.4 Å². The maximum atomic E-state index is 12.0. The number of amides is 1. The highest BCUT2D eigenvalue weighted by molar-refractivity contribution is 5.93. The second kappa shape index (κ2) is 11.4. The molecule has 0 radical (unpaired) electrons. The molecule has 0 spiro atoms. The van der Waals surface area contributed by atoms with Crippen molar-refractivity contribution >= 4 is 24.0 Å². The number of para-hydroxylation sites is 2. The molecule has 1 N–H and O–H groups in total. The zero-order valence-corrected chi connectivity index (χ0v) is 14.0. The summed E-state index contributed by atoms with van der Waals surface area (Å²) in [5, 5.41) is 2.93. The van der Waals surface area contributed by atoms with Gasteiger partial charge in [0.05, 0.1) is 18.8 Å². The van der Waals surface area contributed by atoms with Gasteiger partial charge in [-0.15, -0.1) is 12.4 Å². The lowest BCUT2D eigenvalue weighted by molar-refractivity contribution is -0.117. The van der Waals surface area contributed by atoms with Gasteiger partial charge in [0.25, 0.3) is 0 Å². The van der Waals surface area contributed by atoms with E-state index < -0.39 is 0 Å². The van der Waals surface area contributed by atoms with Crippen LogP contribution in [0.4, 0.5) is 5.69 Å².